The number of carbonyl (C=O) groups excluding carboxylic acids is 1. The Morgan fingerprint density at radius 3 is 2.04 bits per heavy atom. The first kappa shape index (κ1) is 26.0. The number of carbonyl (C=O) groups is 1. The number of rotatable bonds is 7. The summed E-state index contributed by atoms with van der Waals surface area (Å²) < 4.78 is 0. The van der Waals surface area contributed by atoms with Crippen LogP contribution in [0.25, 0.3) is 0 Å². The van der Waals surface area contributed by atoms with Gasteiger partial charge in [0.2, 0.25) is 0 Å². The average molecular weight is 386 g/mol. The third kappa shape index (κ3) is 12.4. The van der Waals surface area contributed by atoms with E-state index >= 15 is 0 Å². The summed E-state index contributed by atoms with van der Waals surface area (Å²) in [6, 6.07) is 0. The molecule has 2 aliphatic rings. The zero-order valence-electron chi connectivity index (χ0n) is 18.4. The fourth-order valence-electron chi connectivity index (χ4n) is 4.04. The molecule has 0 aromatic carbocycles. The van der Waals surface area contributed by atoms with E-state index < -0.39 is 0 Å². The molecule has 0 aromatic heterocycles. The highest BCUT2D eigenvalue weighted by atomic mass is 32.2. The molecule has 2 saturated carbocycles. The largest absolute Gasteiger partial charge is 0.299 e. The normalized spacial score (nSPS) is 24.5. The van der Waals surface area contributed by atoms with E-state index in [1.165, 1.54) is 63.3 Å². The van der Waals surface area contributed by atoms with Gasteiger partial charge in [-0.05, 0) is 50.4 Å². The van der Waals surface area contributed by atoms with Crippen LogP contribution in [0.5, 0.6) is 0 Å². The predicted octanol–water partition coefficient (Wildman–Crippen LogP) is 7.55. The summed E-state index contributed by atoms with van der Waals surface area (Å²) >= 11 is 1.40. The molecule has 0 aliphatic heterocycles. The molecule has 3 heteroatoms. The summed E-state index contributed by atoms with van der Waals surface area (Å²) in [6.07, 6.45) is 16.4. The Morgan fingerprint density at radius 2 is 1.62 bits per heavy atom. The smallest absolute Gasteiger partial charge is 0.135 e. The maximum Gasteiger partial charge on any atom is 0.135 e. The molecule has 2 aliphatic carbocycles. The maximum atomic E-state index is 12.0. The van der Waals surface area contributed by atoms with Crippen molar-refractivity contribution in [2.45, 2.75) is 123 Å². The van der Waals surface area contributed by atoms with Crippen LogP contribution in [0.3, 0.4) is 0 Å². The summed E-state index contributed by atoms with van der Waals surface area (Å²) in [5.74, 6) is 2.80. The van der Waals surface area contributed by atoms with Gasteiger partial charge in [0, 0.05) is 17.6 Å². The molecule has 156 valence electrons. The Bertz CT molecular complexity index is 320. The first-order valence-corrected chi connectivity index (χ1v) is 12.4. The van der Waals surface area contributed by atoms with Crippen LogP contribution < -0.4 is 5.14 Å². The van der Waals surface area contributed by atoms with Crippen molar-refractivity contribution in [3.05, 3.63) is 0 Å². The van der Waals surface area contributed by atoms with Crippen molar-refractivity contribution in [1.82, 2.24) is 0 Å². The van der Waals surface area contributed by atoms with Crippen LogP contribution >= 0.6 is 11.9 Å². The maximum absolute atomic E-state index is 12.0. The number of hydrogen-bond donors (Lipinski definition) is 1. The van der Waals surface area contributed by atoms with Gasteiger partial charge >= 0.3 is 0 Å². The van der Waals surface area contributed by atoms with Crippen molar-refractivity contribution in [3.63, 3.8) is 0 Å². The molecular weight excluding hydrogens is 338 g/mol. The fourth-order valence-corrected chi connectivity index (χ4v) is 4.34. The van der Waals surface area contributed by atoms with Gasteiger partial charge in [0.1, 0.15) is 5.78 Å². The van der Waals surface area contributed by atoms with Gasteiger partial charge in [0.25, 0.3) is 0 Å². The first-order valence-electron chi connectivity index (χ1n) is 11.4. The van der Waals surface area contributed by atoms with E-state index in [9.17, 15) is 4.79 Å². The Balaban J connectivity index is 0.000000575. The molecule has 1 unspecified atom stereocenters. The van der Waals surface area contributed by atoms with Gasteiger partial charge < -0.3 is 0 Å². The SMILES string of the molecule is CC.CC1CCCCC1.CCC1CCC(C(=O)CCCC(C)SN)CC1. The van der Waals surface area contributed by atoms with Crippen LogP contribution in [0, 0.1) is 17.8 Å². The Kier molecular flexibility index (Phi) is 17.1. The van der Waals surface area contributed by atoms with Gasteiger partial charge in [-0.25, -0.2) is 0 Å². The van der Waals surface area contributed by atoms with Crippen LogP contribution in [-0.2, 0) is 4.79 Å². The summed E-state index contributed by atoms with van der Waals surface area (Å²) in [4.78, 5) is 12.0. The van der Waals surface area contributed by atoms with Crippen molar-refractivity contribution in [2.24, 2.45) is 22.9 Å². The van der Waals surface area contributed by atoms with Crippen LogP contribution in [-0.4, -0.2) is 11.0 Å². The van der Waals surface area contributed by atoms with Crippen molar-refractivity contribution in [2.75, 3.05) is 0 Å². The topological polar surface area (TPSA) is 43.1 Å². The lowest BCUT2D eigenvalue weighted by Crippen LogP contribution is -2.21. The van der Waals surface area contributed by atoms with Crippen LogP contribution in [0.1, 0.15) is 118 Å². The van der Waals surface area contributed by atoms with Gasteiger partial charge in [-0.3, -0.25) is 9.93 Å². The van der Waals surface area contributed by atoms with E-state index in [0.29, 0.717) is 17.0 Å². The quantitative estimate of drug-likeness (QED) is 0.460. The van der Waals surface area contributed by atoms with Gasteiger partial charge in [0.05, 0.1) is 0 Å². The van der Waals surface area contributed by atoms with Gasteiger partial charge in [0.15, 0.2) is 0 Å². The minimum atomic E-state index is 0.374. The first-order chi connectivity index (χ1) is 12.6. The van der Waals surface area contributed by atoms with E-state index in [0.717, 1.165) is 43.9 Å². The van der Waals surface area contributed by atoms with Crippen LogP contribution in [0.4, 0.5) is 0 Å². The highest BCUT2D eigenvalue weighted by molar-refractivity contribution is 7.97. The zero-order chi connectivity index (χ0) is 19.8. The van der Waals surface area contributed by atoms with Crippen molar-refractivity contribution in [1.29, 1.82) is 0 Å². The standard InChI is InChI=1S/C14H27NOS.C7H14.C2H6/c1-3-12-7-9-13(10-8-12)14(16)6-4-5-11(2)17-15;1-7-5-3-2-4-6-7;1-2/h11-13H,3-10,15H2,1-2H3;7H,2-6H2,1H3;1-2H3. The molecule has 26 heavy (non-hydrogen) atoms. The number of hydrogen-bond acceptors (Lipinski definition) is 3. The third-order valence-corrected chi connectivity index (χ3v) is 6.74. The number of nitrogens with two attached hydrogens (primary N) is 1. The minimum Gasteiger partial charge on any atom is -0.299 e. The second kappa shape index (κ2) is 17.1. The van der Waals surface area contributed by atoms with E-state index in [4.69, 9.17) is 5.14 Å². The summed E-state index contributed by atoms with van der Waals surface area (Å²) in [6.45, 7) is 10.7. The van der Waals surface area contributed by atoms with Crippen LogP contribution in [0.15, 0.2) is 0 Å². The zero-order valence-corrected chi connectivity index (χ0v) is 19.2. The van der Waals surface area contributed by atoms with Crippen molar-refractivity contribution in [3.8, 4) is 0 Å². The molecule has 0 heterocycles. The molecular formula is C23H47NOS. The second-order valence-electron chi connectivity index (χ2n) is 8.17. The molecule has 1 atom stereocenters. The van der Waals surface area contributed by atoms with Gasteiger partial charge in [-0.1, -0.05) is 85.1 Å². The molecule has 2 fully saturated rings. The van der Waals surface area contributed by atoms with Gasteiger partial charge in [-0.2, -0.15) is 0 Å². The fraction of sp³-hybridized carbons (Fsp3) is 0.957. The van der Waals surface area contributed by atoms with E-state index in [1.54, 1.807) is 0 Å². The predicted molar refractivity (Wildman–Crippen MR) is 119 cm³/mol. The lowest BCUT2D eigenvalue weighted by atomic mass is 9.78. The molecule has 0 spiro atoms. The Morgan fingerprint density at radius 1 is 1.04 bits per heavy atom. The van der Waals surface area contributed by atoms with E-state index in [2.05, 4.69) is 20.8 Å². The molecule has 2 nitrogen and oxygen atoms in total. The summed E-state index contributed by atoms with van der Waals surface area (Å²) in [5.41, 5.74) is 0. The van der Waals surface area contributed by atoms with Crippen molar-refractivity contribution >= 4 is 17.7 Å². The molecule has 2 rings (SSSR count). The molecule has 0 saturated heterocycles. The van der Waals surface area contributed by atoms with E-state index in [1.807, 2.05) is 13.8 Å². The van der Waals surface area contributed by atoms with Gasteiger partial charge in [-0.15, -0.1) is 0 Å². The van der Waals surface area contributed by atoms with Crippen molar-refractivity contribution < 1.29 is 4.79 Å². The molecule has 0 aromatic rings. The highest BCUT2D eigenvalue weighted by Gasteiger charge is 2.24. The van der Waals surface area contributed by atoms with E-state index in [-0.39, 0.29) is 0 Å². The number of ketones is 1. The molecule has 0 radical (unpaired) electrons. The lowest BCUT2D eigenvalue weighted by Gasteiger charge is -2.26. The highest BCUT2D eigenvalue weighted by Crippen LogP contribution is 2.32. The Labute approximate surface area is 169 Å². The monoisotopic (exact) mass is 385 g/mol. The third-order valence-electron chi connectivity index (χ3n) is 6.04. The molecule has 0 amide bonds. The number of Topliss-reactive ketones (excluding diaryl/α,β-unsaturated/α-hetero) is 1. The summed E-state index contributed by atoms with van der Waals surface area (Å²) in [7, 11) is 0. The minimum absolute atomic E-state index is 0.374. The average Bonchev–Trinajstić information content (AvgIpc) is 2.70. The lowest BCUT2D eigenvalue weighted by molar-refractivity contribution is -0.124. The Hall–Kier alpha value is -0.0200. The second-order valence-corrected chi connectivity index (χ2v) is 9.25. The van der Waals surface area contributed by atoms with Crippen LogP contribution in [0.2, 0.25) is 0 Å². The molecule has 0 bridgehead atoms. The summed E-state index contributed by atoms with van der Waals surface area (Å²) in [5, 5.41) is 5.98. The molecule has 2 N–H and O–H groups in total.